The van der Waals surface area contributed by atoms with Gasteiger partial charge in [0.25, 0.3) is 11.8 Å². The maximum atomic E-state index is 13.9. The summed E-state index contributed by atoms with van der Waals surface area (Å²) in [6.45, 7) is 6.83. The molecule has 3 aromatic carbocycles. The molecule has 11 heteroatoms. The van der Waals surface area contributed by atoms with E-state index in [9.17, 15) is 23.1 Å². The largest absolute Gasteiger partial charge is 0.390 e. The van der Waals surface area contributed by atoms with Crippen LogP contribution in [0.25, 0.3) is 0 Å². The zero-order valence-electron chi connectivity index (χ0n) is 28.8. The van der Waals surface area contributed by atoms with Crippen molar-refractivity contribution in [1.29, 1.82) is 0 Å². The highest BCUT2D eigenvalue weighted by Gasteiger charge is 2.25. The normalized spacial score (nSPS) is 13.4. The minimum Gasteiger partial charge on any atom is -0.390 e. The van der Waals surface area contributed by atoms with Gasteiger partial charge < -0.3 is 21.1 Å². The number of aliphatic hydroxyl groups is 1. The third-order valence-electron chi connectivity index (χ3n) is 8.21. The van der Waals surface area contributed by atoms with Crippen molar-refractivity contribution >= 4 is 27.5 Å². The van der Waals surface area contributed by atoms with Crippen LogP contribution < -0.4 is 20.3 Å². The van der Waals surface area contributed by atoms with E-state index in [0.29, 0.717) is 18.9 Å². The van der Waals surface area contributed by atoms with Crippen LogP contribution >= 0.6 is 0 Å². The van der Waals surface area contributed by atoms with Crippen molar-refractivity contribution in [3.63, 3.8) is 0 Å². The molecule has 1 aromatic heterocycles. The molecular weight excluding hydrogens is 639 g/mol. The van der Waals surface area contributed by atoms with Gasteiger partial charge in [0.1, 0.15) is 0 Å². The standard InChI is InChI=1S/C38H47N5O5S/c1-26(2)16-29-17-30(23-39-22-29)24-40-25-36(44)35(18-28-12-8-6-9-13-28)42-38(46)33-19-32(20-34(21-33)43(4)49(5,47)48)37(45)41-27(3)31-14-10-7-11-15-31/h6-15,17,19-23,26-27,35-36,40,44H,16,18,24-25H2,1-5H3,(H,41,45)(H,42,46). The summed E-state index contributed by atoms with van der Waals surface area (Å²) in [5.74, 6) is -0.518. The van der Waals surface area contributed by atoms with Crippen LogP contribution in [-0.2, 0) is 29.4 Å². The number of rotatable bonds is 16. The summed E-state index contributed by atoms with van der Waals surface area (Å²) < 4.78 is 26.0. The van der Waals surface area contributed by atoms with Gasteiger partial charge in [-0.1, -0.05) is 80.6 Å². The molecule has 4 rings (SSSR count). The van der Waals surface area contributed by atoms with Gasteiger partial charge in [0, 0.05) is 43.7 Å². The molecule has 10 nitrogen and oxygen atoms in total. The van der Waals surface area contributed by atoms with E-state index in [1.54, 1.807) is 6.20 Å². The maximum Gasteiger partial charge on any atom is 0.251 e. The molecular formula is C38H47N5O5S. The van der Waals surface area contributed by atoms with Crippen LogP contribution in [0, 0.1) is 5.92 Å². The molecule has 0 saturated carbocycles. The lowest BCUT2D eigenvalue weighted by molar-refractivity contribution is 0.0830. The molecule has 0 bridgehead atoms. The molecule has 0 spiro atoms. The van der Waals surface area contributed by atoms with Gasteiger partial charge >= 0.3 is 0 Å². The Hall–Kier alpha value is -4.58. The summed E-state index contributed by atoms with van der Waals surface area (Å²) in [4.78, 5) is 31.7. The molecule has 0 fully saturated rings. The first-order valence-electron chi connectivity index (χ1n) is 16.4. The van der Waals surface area contributed by atoms with Crippen LogP contribution in [0.2, 0.25) is 0 Å². The number of hydrogen-bond donors (Lipinski definition) is 4. The number of carbonyl (C=O) groups excluding carboxylic acids is 2. The Morgan fingerprint density at radius 2 is 1.39 bits per heavy atom. The van der Waals surface area contributed by atoms with E-state index < -0.39 is 34.0 Å². The fourth-order valence-electron chi connectivity index (χ4n) is 5.48. The van der Waals surface area contributed by atoms with Crippen molar-refractivity contribution in [2.75, 3.05) is 24.2 Å². The lowest BCUT2D eigenvalue weighted by atomic mass is 9.99. The first kappa shape index (κ1) is 37.2. The van der Waals surface area contributed by atoms with Gasteiger partial charge in [0.15, 0.2) is 0 Å². The van der Waals surface area contributed by atoms with Crippen LogP contribution in [0.1, 0.15) is 69.8 Å². The molecule has 0 radical (unpaired) electrons. The van der Waals surface area contributed by atoms with Gasteiger partial charge in [0.05, 0.1) is 30.1 Å². The number of sulfonamides is 1. The molecule has 0 aliphatic carbocycles. The number of nitrogens with zero attached hydrogens (tertiary/aromatic N) is 2. The van der Waals surface area contributed by atoms with Gasteiger partial charge in [-0.3, -0.25) is 18.9 Å². The van der Waals surface area contributed by atoms with Gasteiger partial charge in [-0.25, -0.2) is 8.42 Å². The molecule has 0 aliphatic heterocycles. The lowest BCUT2D eigenvalue weighted by Crippen LogP contribution is -2.48. The number of hydrogen-bond acceptors (Lipinski definition) is 7. The summed E-state index contributed by atoms with van der Waals surface area (Å²) in [6.07, 6.45) is 4.99. The number of pyridine rings is 1. The predicted octanol–water partition coefficient (Wildman–Crippen LogP) is 4.66. The lowest BCUT2D eigenvalue weighted by Gasteiger charge is -2.25. The molecule has 2 amide bonds. The molecule has 1 heterocycles. The van der Waals surface area contributed by atoms with Crippen LogP contribution in [0.15, 0.2) is 97.3 Å². The van der Waals surface area contributed by atoms with Gasteiger partial charge in [-0.05, 0) is 66.1 Å². The van der Waals surface area contributed by atoms with Crippen LogP contribution in [0.4, 0.5) is 5.69 Å². The minimum absolute atomic E-state index is 0.0803. The first-order chi connectivity index (χ1) is 23.3. The number of nitrogens with one attached hydrogen (secondary N) is 3. The monoisotopic (exact) mass is 685 g/mol. The summed E-state index contributed by atoms with van der Waals surface area (Å²) >= 11 is 0. The zero-order chi connectivity index (χ0) is 35.6. The zero-order valence-corrected chi connectivity index (χ0v) is 29.6. The van der Waals surface area contributed by atoms with Crippen molar-refractivity contribution < 1.29 is 23.1 Å². The number of aromatic nitrogens is 1. The Balaban J connectivity index is 1.56. The molecule has 3 unspecified atom stereocenters. The van der Waals surface area contributed by atoms with E-state index >= 15 is 0 Å². The molecule has 0 aliphatic rings. The maximum absolute atomic E-state index is 13.9. The molecule has 4 N–H and O–H groups in total. The molecule has 49 heavy (non-hydrogen) atoms. The van der Waals surface area contributed by atoms with E-state index in [-0.39, 0.29) is 29.4 Å². The summed E-state index contributed by atoms with van der Waals surface area (Å²) in [6, 6.07) is 24.3. The third-order valence-corrected chi connectivity index (χ3v) is 9.41. The van der Waals surface area contributed by atoms with Gasteiger partial charge in [-0.2, -0.15) is 0 Å². The molecule has 0 saturated heterocycles. The topological polar surface area (TPSA) is 141 Å². The van der Waals surface area contributed by atoms with Crippen LogP contribution in [-0.4, -0.2) is 62.3 Å². The van der Waals surface area contributed by atoms with Crippen LogP contribution in [0.5, 0.6) is 0 Å². The number of carbonyl (C=O) groups is 2. The molecule has 260 valence electrons. The highest BCUT2D eigenvalue weighted by molar-refractivity contribution is 7.92. The van der Waals surface area contributed by atoms with E-state index in [4.69, 9.17) is 0 Å². The first-order valence-corrected chi connectivity index (χ1v) is 18.3. The average molecular weight is 686 g/mol. The van der Waals surface area contributed by atoms with Gasteiger partial charge in [0.2, 0.25) is 10.0 Å². The highest BCUT2D eigenvalue weighted by atomic mass is 32.2. The van der Waals surface area contributed by atoms with Crippen LogP contribution in [0.3, 0.4) is 0 Å². The number of amides is 2. The minimum atomic E-state index is -3.71. The predicted molar refractivity (Wildman–Crippen MR) is 194 cm³/mol. The van der Waals surface area contributed by atoms with E-state index in [1.807, 2.05) is 73.8 Å². The third kappa shape index (κ3) is 11.2. The Kier molecular flexibility index (Phi) is 13.1. The second-order valence-electron chi connectivity index (χ2n) is 12.9. The highest BCUT2D eigenvalue weighted by Crippen LogP contribution is 2.22. The Bertz CT molecular complexity index is 1800. The fraction of sp³-hybridized carbons (Fsp3) is 0.342. The Labute approximate surface area is 290 Å². The average Bonchev–Trinajstić information content (AvgIpc) is 3.07. The summed E-state index contributed by atoms with van der Waals surface area (Å²) in [5, 5.41) is 20.6. The van der Waals surface area contributed by atoms with E-state index in [1.165, 1.54) is 25.2 Å². The fourth-order valence-corrected chi connectivity index (χ4v) is 5.97. The van der Waals surface area contributed by atoms with Crippen molar-refractivity contribution in [2.45, 2.75) is 58.3 Å². The van der Waals surface area contributed by atoms with Crippen molar-refractivity contribution in [3.8, 4) is 0 Å². The second kappa shape index (κ2) is 17.2. The summed E-state index contributed by atoms with van der Waals surface area (Å²) in [7, 11) is -2.35. The Morgan fingerprint density at radius 3 is 2.00 bits per heavy atom. The van der Waals surface area contributed by atoms with Crippen molar-refractivity contribution in [2.24, 2.45) is 5.92 Å². The number of benzene rings is 3. The second-order valence-corrected chi connectivity index (χ2v) is 14.9. The SMILES string of the molecule is CC(C)Cc1cncc(CNCC(O)C(Cc2ccccc2)NC(=O)c2cc(C(=O)NC(C)c3ccccc3)cc(N(C)S(C)(=O)=O)c2)c1. The van der Waals surface area contributed by atoms with Crippen molar-refractivity contribution in [3.05, 3.63) is 131 Å². The Morgan fingerprint density at radius 1 is 0.796 bits per heavy atom. The molecule has 3 atom stereocenters. The van der Waals surface area contributed by atoms with Crippen molar-refractivity contribution in [1.82, 2.24) is 20.9 Å². The molecule has 4 aromatic rings. The summed E-state index contributed by atoms with van der Waals surface area (Å²) in [5.41, 5.74) is 4.31. The number of anilines is 1. The number of aliphatic hydroxyl groups excluding tert-OH is 1. The van der Waals surface area contributed by atoms with E-state index in [2.05, 4.69) is 40.8 Å². The quantitative estimate of drug-likeness (QED) is 0.135. The van der Waals surface area contributed by atoms with E-state index in [0.717, 1.165) is 39.2 Å². The smallest absolute Gasteiger partial charge is 0.251 e. The van der Waals surface area contributed by atoms with Gasteiger partial charge in [-0.15, -0.1) is 0 Å².